The first-order chi connectivity index (χ1) is 12.1. The van der Waals surface area contributed by atoms with Crippen molar-refractivity contribution in [2.75, 3.05) is 16.8 Å². The second kappa shape index (κ2) is 7.61. The first-order valence-electron chi connectivity index (χ1n) is 7.87. The highest BCUT2D eigenvalue weighted by Crippen LogP contribution is 2.25. The van der Waals surface area contributed by atoms with E-state index in [-0.39, 0.29) is 12.4 Å². The van der Waals surface area contributed by atoms with Gasteiger partial charge in [-0.2, -0.15) is 0 Å². The van der Waals surface area contributed by atoms with E-state index >= 15 is 0 Å². The van der Waals surface area contributed by atoms with Crippen LogP contribution in [0.4, 0.5) is 20.6 Å². The molecule has 0 unspecified atom stereocenters. The van der Waals surface area contributed by atoms with E-state index in [4.69, 9.17) is 4.74 Å². The van der Waals surface area contributed by atoms with Gasteiger partial charge in [0, 0.05) is 24.9 Å². The Morgan fingerprint density at radius 3 is 2.68 bits per heavy atom. The summed E-state index contributed by atoms with van der Waals surface area (Å²) in [6.45, 7) is 0.567. The molecule has 128 valence electrons. The average Bonchev–Trinajstić information content (AvgIpc) is 2.62. The maximum Gasteiger partial charge on any atom is 0.411 e. The normalized spacial score (nSPS) is 13.6. The summed E-state index contributed by atoms with van der Waals surface area (Å²) in [4.78, 5) is 24.7. The standard InChI is InChI=1S/C19H17FN2O3/c20-17-12-15(6-7-18(17)22-10-8-16(23)9-11-22)21-19(24)25-13-14-4-2-1-3-5-14/h1-8,10,12H,9,11,13H2,(H,21,24). The second-order valence-corrected chi connectivity index (χ2v) is 5.58. The number of carbonyl (C=O) groups excluding carboxylic acids is 2. The van der Waals surface area contributed by atoms with Crippen molar-refractivity contribution in [2.24, 2.45) is 0 Å². The van der Waals surface area contributed by atoms with Crippen LogP contribution in [0.25, 0.3) is 0 Å². The van der Waals surface area contributed by atoms with Crippen molar-refractivity contribution in [3.8, 4) is 0 Å². The molecule has 0 aliphatic carbocycles. The number of hydrogen-bond donors (Lipinski definition) is 1. The SMILES string of the molecule is O=C1C=CN(c2ccc(NC(=O)OCc3ccccc3)cc2F)CC1. The fourth-order valence-corrected chi connectivity index (χ4v) is 2.46. The summed E-state index contributed by atoms with van der Waals surface area (Å²) < 4.78 is 19.4. The molecule has 0 spiro atoms. The molecule has 6 heteroatoms. The first kappa shape index (κ1) is 16.7. The summed E-state index contributed by atoms with van der Waals surface area (Å²) >= 11 is 0. The fourth-order valence-electron chi connectivity index (χ4n) is 2.46. The Balaban J connectivity index is 1.60. The topological polar surface area (TPSA) is 58.6 Å². The van der Waals surface area contributed by atoms with Gasteiger partial charge in [0.05, 0.1) is 5.69 Å². The third-order valence-electron chi connectivity index (χ3n) is 3.76. The Labute approximate surface area is 144 Å². The number of ether oxygens (including phenoxy) is 1. The molecule has 1 heterocycles. The zero-order valence-corrected chi connectivity index (χ0v) is 13.4. The van der Waals surface area contributed by atoms with E-state index in [1.807, 2.05) is 30.3 Å². The smallest absolute Gasteiger partial charge is 0.411 e. The lowest BCUT2D eigenvalue weighted by molar-refractivity contribution is -0.114. The molecule has 0 fully saturated rings. The average molecular weight is 340 g/mol. The molecule has 1 aliphatic rings. The number of halogens is 1. The van der Waals surface area contributed by atoms with Gasteiger partial charge < -0.3 is 9.64 Å². The molecular weight excluding hydrogens is 323 g/mol. The van der Waals surface area contributed by atoms with Crippen LogP contribution in [0, 0.1) is 5.82 Å². The Kier molecular flexibility index (Phi) is 5.09. The maximum absolute atomic E-state index is 14.3. The van der Waals surface area contributed by atoms with Crippen molar-refractivity contribution in [3.63, 3.8) is 0 Å². The van der Waals surface area contributed by atoms with Gasteiger partial charge in [0.2, 0.25) is 0 Å². The number of ketones is 1. The summed E-state index contributed by atoms with van der Waals surface area (Å²) in [5, 5.41) is 2.50. The molecule has 3 rings (SSSR count). The molecule has 1 aliphatic heterocycles. The fraction of sp³-hybridized carbons (Fsp3) is 0.158. The van der Waals surface area contributed by atoms with E-state index in [1.54, 1.807) is 23.2 Å². The molecule has 0 radical (unpaired) electrons. The number of benzene rings is 2. The van der Waals surface area contributed by atoms with E-state index in [2.05, 4.69) is 5.32 Å². The van der Waals surface area contributed by atoms with E-state index < -0.39 is 11.9 Å². The molecule has 0 atom stereocenters. The van der Waals surface area contributed by atoms with Crippen molar-refractivity contribution in [1.82, 2.24) is 0 Å². The van der Waals surface area contributed by atoms with Crippen LogP contribution in [-0.2, 0) is 16.1 Å². The molecule has 1 N–H and O–H groups in total. The van der Waals surface area contributed by atoms with Crippen LogP contribution in [0.5, 0.6) is 0 Å². The van der Waals surface area contributed by atoms with Crippen LogP contribution in [0.15, 0.2) is 60.8 Å². The monoisotopic (exact) mass is 340 g/mol. The number of allylic oxidation sites excluding steroid dienone is 1. The number of carbonyl (C=O) groups is 2. The second-order valence-electron chi connectivity index (χ2n) is 5.58. The molecule has 5 nitrogen and oxygen atoms in total. The van der Waals surface area contributed by atoms with Gasteiger partial charge in [-0.3, -0.25) is 10.1 Å². The lowest BCUT2D eigenvalue weighted by Crippen LogP contribution is -2.25. The Morgan fingerprint density at radius 2 is 2.00 bits per heavy atom. The lowest BCUT2D eigenvalue weighted by atomic mass is 10.1. The van der Waals surface area contributed by atoms with Gasteiger partial charge in [-0.05, 0) is 29.8 Å². The molecule has 0 saturated heterocycles. The number of nitrogens with zero attached hydrogens (tertiary/aromatic N) is 1. The summed E-state index contributed by atoms with van der Waals surface area (Å²) in [6, 6.07) is 13.7. The van der Waals surface area contributed by atoms with E-state index in [1.165, 1.54) is 12.1 Å². The first-order valence-corrected chi connectivity index (χ1v) is 7.87. The highest BCUT2D eigenvalue weighted by atomic mass is 19.1. The van der Waals surface area contributed by atoms with Gasteiger partial charge in [-0.15, -0.1) is 0 Å². The summed E-state index contributed by atoms with van der Waals surface area (Å²) in [5.74, 6) is -0.462. The van der Waals surface area contributed by atoms with E-state index in [0.717, 1.165) is 5.56 Å². The maximum atomic E-state index is 14.3. The minimum atomic E-state index is -0.653. The van der Waals surface area contributed by atoms with Crippen molar-refractivity contribution in [2.45, 2.75) is 13.0 Å². The molecule has 25 heavy (non-hydrogen) atoms. The number of amides is 1. The van der Waals surface area contributed by atoms with Crippen LogP contribution >= 0.6 is 0 Å². The molecule has 2 aromatic rings. The Morgan fingerprint density at radius 1 is 1.20 bits per heavy atom. The molecule has 0 bridgehead atoms. The third-order valence-corrected chi connectivity index (χ3v) is 3.76. The molecule has 2 aromatic carbocycles. The van der Waals surface area contributed by atoms with Crippen molar-refractivity contribution in [1.29, 1.82) is 0 Å². The largest absolute Gasteiger partial charge is 0.444 e. The lowest BCUT2D eigenvalue weighted by Gasteiger charge is -2.23. The van der Waals surface area contributed by atoms with Crippen LogP contribution < -0.4 is 10.2 Å². The highest BCUT2D eigenvalue weighted by molar-refractivity contribution is 5.92. The number of anilines is 2. The quantitative estimate of drug-likeness (QED) is 0.918. The highest BCUT2D eigenvalue weighted by Gasteiger charge is 2.15. The van der Waals surface area contributed by atoms with Crippen molar-refractivity contribution in [3.05, 3.63) is 72.2 Å². The zero-order chi connectivity index (χ0) is 17.6. The van der Waals surface area contributed by atoms with Crippen molar-refractivity contribution >= 4 is 23.3 Å². The van der Waals surface area contributed by atoms with Gasteiger partial charge in [-0.25, -0.2) is 9.18 Å². The summed E-state index contributed by atoms with van der Waals surface area (Å²) in [7, 11) is 0. The molecule has 0 aromatic heterocycles. The van der Waals surface area contributed by atoms with Gasteiger partial charge in [0.15, 0.2) is 5.78 Å². The Bertz CT molecular complexity index is 806. The third kappa shape index (κ3) is 4.44. The molecular formula is C19H17FN2O3. The minimum Gasteiger partial charge on any atom is -0.444 e. The zero-order valence-electron chi connectivity index (χ0n) is 13.4. The van der Waals surface area contributed by atoms with E-state index in [0.29, 0.717) is 24.3 Å². The summed E-state index contributed by atoms with van der Waals surface area (Å²) in [5.41, 5.74) is 1.52. The number of hydrogen-bond acceptors (Lipinski definition) is 4. The van der Waals surface area contributed by atoms with Gasteiger partial charge >= 0.3 is 6.09 Å². The predicted octanol–water partition coefficient (Wildman–Crippen LogP) is 3.87. The molecule has 1 amide bonds. The van der Waals surface area contributed by atoms with Crippen LogP contribution in [-0.4, -0.2) is 18.4 Å². The van der Waals surface area contributed by atoms with Crippen LogP contribution in [0.3, 0.4) is 0 Å². The van der Waals surface area contributed by atoms with Gasteiger partial charge in [0.25, 0.3) is 0 Å². The van der Waals surface area contributed by atoms with Crippen molar-refractivity contribution < 1.29 is 18.7 Å². The van der Waals surface area contributed by atoms with Crippen LogP contribution in [0.1, 0.15) is 12.0 Å². The predicted molar refractivity (Wildman–Crippen MR) is 92.8 cm³/mol. The number of nitrogens with one attached hydrogen (secondary N) is 1. The van der Waals surface area contributed by atoms with E-state index in [9.17, 15) is 14.0 Å². The molecule has 0 saturated carbocycles. The Hall–Kier alpha value is -3.15. The van der Waals surface area contributed by atoms with Gasteiger partial charge in [-0.1, -0.05) is 30.3 Å². The minimum absolute atomic E-state index is 0.0242. The van der Waals surface area contributed by atoms with Gasteiger partial charge in [0.1, 0.15) is 12.4 Å². The van der Waals surface area contributed by atoms with Crippen LogP contribution in [0.2, 0.25) is 0 Å². The summed E-state index contributed by atoms with van der Waals surface area (Å²) in [6.07, 6.45) is 2.68. The number of rotatable bonds is 4.